The standard InChI is InChI=1S/C16H25NO4/c1-10(18)11(2)21-16-14(19-3)7-12(8-15(16)20-4)9-17-13-5-6-13/h7-8,10-11,13,17-18H,5-6,9H2,1-4H3. The Labute approximate surface area is 126 Å². The molecular weight excluding hydrogens is 270 g/mol. The van der Waals surface area contributed by atoms with Crippen LogP contribution < -0.4 is 19.5 Å². The van der Waals surface area contributed by atoms with Gasteiger partial charge in [-0.3, -0.25) is 0 Å². The van der Waals surface area contributed by atoms with Gasteiger partial charge < -0.3 is 24.6 Å². The number of hydrogen-bond donors (Lipinski definition) is 2. The Balaban J connectivity index is 2.20. The second kappa shape index (κ2) is 7.00. The maximum Gasteiger partial charge on any atom is 0.203 e. The van der Waals surface area contributed by atoms with Crippen molar-refractivity contribution < 1.29 is 19.3 Å². The number of rotatable bonds is 8. The van der Waals surface area contributed by atoms with Crippen molar-refractivity contribution in [3.63, 3.8) is 0 Å². The number of hydrogen-bond acceptors (Lipinski definition) is 5. The van der Waals surface area contributed by atoms with Gasteiger partial charge >= 0.3 is 0 Å². The molecule has 0 spiro atoms. The van der Waals surface area contributed by atoms with E-state index in [1.807, 2.05) is 19.1 Å². The zero-order valence-electron chi connectivity index (χ0n) is 13.2. The highest BCUT2D eigenvalue weighted by molar-refractivity contribution is 5.54. The molecular formula is C16H25NO4. The molecule has 1 aliphatic rings. The van der Waals surface area contributed by atoms with Crippen LogP contribution in [0.2, 0.25) is 0 Å². The van der Waals surface area contributed by atoms with E-state index < -0.39 is 6.10 Å². The SMILES string of the molecule is COc1cc(CNC2CC2)cc(OC)c1OC(C)C(C)O. The van der Waals surface area contributed by atoms with Gasteiger partial charge in [-0.1, -0.05) is 0 Å². The molecule has 1 aromatic carbocycles. The molecule has 2 N–H and O–H groups in total. The molecule has 2 atom stereocenters. The minimum Gasteiger partial charge on any atom is -0.493 e. The molecule has 0 aliphatic heterocycles. The second-order valence-corrected chi connectivity index (χ2v) is 5.55. The highest BCUT2D eigenvalue weighted by Gasteiger charge is 2.22. The van der Waals surface area contributed by atoms with Gasteiger partial charge in [-0.2, -0.15) is 0 Å². The third-order valence-corrected chi connectivity index (χ3v) is 3.68. The molecule has 1 aliphatic carbocycles. The highest BCUT2D eigenvalue weighted by Crippen LogP contribution is 2.39. The van der Waals surface area contributed by atoms with Gasteiger partial charge in [-0.25, -0.2) is 0 Å². The summed E-state index contributed by atoms with van der Waals surface area (Å²) in [6.45, 7) is 4.28. The summed E-state index contributed by atoms with van der Waals surface area (Å²) in [6.07, 6.45) is 1.58. The molecule has 0 heterocycles. The van der Waals surface area contributed by atoms with Crippen LogP contribution in [0.1, 0.15) is 32.3 Å². The summed E-state index contributed by atoms with van der Waals surface area (Å²) in [5, 5.41) is 13.1. The number of benzene rings is 1. The normalized spacial score (nSPS) is 17.2. The summed E-state index contributed by atoms with van der Waals surface area (Å²) in [6, 6.07) is 4.54. The molecule has 2 unspecified atom stereocenters. The molecule has 5 nitrogen and oxygen atoms in total. The van der Waals surface area contributed by atoms with Crippen molar-refractivity contribution >= 4 is 0 Å². The van der Waals surface area contributed by atoms with Crippen molar-refractivity contribution in [3.05, 3.63) is 17.7 Å². The molecule has 0 saturated heterocycles. The summed E-state index contributed by atoms with van der Waals surface area (Å²) in [4.78, 5) is 0. The fourth-order valence-electron chi connectivity index (χ4n) is 1.99. The topological polar surface area (TPSA) is 60.0 Å². The zero-order valence-corrected chi connectivity index (χ0v) is 13.2. The summed E-state index contributed by atoms with van der Waals surface area (Å²) in [7, 11) is 3.21. The Bertz CT molecular complexity index is 446. The number of nitrogens with one attached hydrogen (secondary N) is 1. The van der Waals surface area contributed by atoms with Crippen LogP contribution in [-0.4, -0.2) is 37.6 Å². The van der Waals surface area contributed by atoms with E-state index >= 15 is 0 Å². The Morgan fingerprint density at radius 3 is 2.19 bits per heavy atom. The predicted molar refractivity (Wildman–Crippen MR) is 81.2 cm³/mol. The van der Waals surface area contributed by atoms with Crippen LogP contribution in [0, 0.1) is 0 Å². The minimum atomic E-state index is -0.573. The van der Waals surface area contributed by atoms with Gasteiger partial charge in [0.2, 0.25) is 5.75 Å². The Morgan fingerprint density at radius 1 is 1.19 bits per heavy atom. The van der Waals surface area contributed by atoms with Crippen LogP contribution in [0.4, 0.5) is 0 Å². The van der Waals surface area contributed by atoms with E-state index in [4.69, 9.17) is 14.2 Å². The Morgan fingerprint density at radius 2 is 1.76 bits per heavy atom. The van der Waals surface area contributed by atoms with Crippen LogP contribution >= 0.6 is 0 Å². The highest BCUT2D eigenvalue weighted by atomic mass is 16.5. The first-order valence-electron chi connectivity index (χ1n) is 7.38. The summed E-state index contributed by atoms with van der Waals surface area (Å²) < 4.78 is 16.6. The van der Waals surface area contributed by atoms with Crippen LogP contribution in [0.25, 0.3) is 0 Å². The van der Waals surface area contributed by atoms with Gasteiger partial charge in [0.25, 0.3) is 0 Å². The van der Waals surface area contributed by atoms with E-state index in [1.165, 1.54) is 12.8 Å². The average Bonchev–Trinajstić information content (AvgIpc) is 3.29. The maximum atomic E-state index is 9.60. The summed E-state index contributed by atoms with van der Waals surface area (Å²) in [5.41, 5.74) is 1.09. The Kier molecular flexibility index (Phi) is 5.31. The van der Waals surface area contributed by atoms with Crippen molar-refractivity contribution in [3.8, 4) is 17.2 Å². The summed E-state index contributed by atoms with van der Waals surface area (Å²) >= 11 is 0. The van der Waals surface area contributed by atoms with Crippen molar-refractivity contribution in [1.82, 2.24) is 5.32 Å². The van der Waals surface area contributed by atoms with Gasteiger partial charge in [-0.05, 0) is 44.4 Å². The molecule has 2 rings (SSSR count). The van der Waals surface area contributed by atoms with E-state index in [1.54, 1.807) is 21.1 Å². The van der Waals surface area contributed by atoms with Crippen molar-refractivity contribution in [2.24, 2.45) is 0 Å². The molecule has 1 fully saturated rings. The molecule has 0 bridgehead atoms. The molecule has 5 heteroatoms. The predicted octanol–water partition coefficient (Wildman–Crippen LogP) is 2.10. The molecule has 0 amide bonds. The molecule has 21 heavy (non-hydrogen) atoms. The fraction of sp³-hybridized carbons (Fsp3) is 0.625. The van der Waals surface area contributed by atoms with Gasteiger partial charge in [0.15, 0.2) is 11.5 Å². The molecule has 118 valence electrons. The Hall–Kier alpha value is -1.46. The first kappa shape index (κ1) is 15.9. The van der Waals surface area contributed by atoms with Crippen molar-refractivity contribution in [2.75, 3.05) is 14.2 Å². The van der Waals surface area contributed by atoms with Crippen molar-refractivity contribution in [2.45, 2.75) is 51.5 Å². The smallest absolute Gasteiger partial charge is 0.203 e. The number of aliphatic hydroxyl groups excluding tert-OH is 1. The molecule has 0 radical (unpaired) electrons. The number of ether oxygens (including phenoxy) is 3. The third kappa shape index (κ3) is 4.25. The zero-order chi connectivity index (χ0) is 15.4. The van der Waals surface area contributed by atoms with E-state index in [0.29, 0.717) is 23.3 Å². The lowest BCUT2D eigenvalue weighted by molar-refractivity contribution is 0.0567. The van der Waals surface area contributed by atoms with Crippen LogP contribution in [-0.2, 0) is 6.54 Å². The van der Waals surface area contributed by atoms with Crippen molar-refractivity contribution in [1.29, 1.82) is 0 Å². The average molecular weight is 295 g/mol. The van der Waals surface area contributed by atoms with Gasteiger partial charge in [0.05, 0.1) is 20.3 Å². The molecule has 0 aromatic heterocycles. The van der Waals surface area contributed by atoms with Crippen LogP contribution in [0.3, 0.4) is 0 Å². The quantitative estimate of drug-likeness (QED) is 0.769. The third-order valence-electron chi connectivity index (χ3n) is 3.68. The monoisotopic (exact) mass is 295 g/mol. The fourth-order valence-corrected chi connectivity index (χ4v) is 1.99. The lowest BCUT2D eigenvalue weighted by Crippen LogP contribution is -2.26. The lowest BCUT2D eigenvalue weighted by Gasteiger charge is -2.21. The van der Waals surface area contributed by atoms with E-state index in [9.17, 15) is 5.11 Å². The number of aliphatic hydroxyl groups is 1. The van der Waals surface area contributed by atoms with Crippen LogP contribution in [0.15, 0.2) is 12.1 Å². The lowest BCUT2D eigenvalue weighted by atomic mass is 10.1. The number of methoxy groups -OCH3 is 2. The first-order valence-corrected chi connectivity index (χ1v) is 7.38. The van der Waals surface area contributed by atoms with Gasteiger partial charge in [0.1, 0.15) is 6.10 Å². The second-order valence-electron chi connectivity index (χ2n) is 5.55. The van der Waals surface area contributed by atoms with Gasteiger partial charge in [-0.15, -0.1) is 0 Å². The van der Waals surface area contributed by atoms with E-state index in [0.717, 1.165) is 12.1 Å². The molecule has 1 aromatic rings. The largest absolute Gasteiger partial charge is 0.493 e. The maximum absolute atomic E-state index is 9.60. The molecule has 1 saturated carbocycles. The first-order chi connectivity index (χ1) is 10.0. The van der Waals surface area contributed by atoms with Crippen LogP contribution in [0.5, 0.6) is 17.2 Å². The summed E-state index contributed by atoms with van der Waals surface area (Å²) in [5.74, 6) is 1.77. The van der Waals surface area contributed by atoms with E-state index in [-0.39, 0.29) is 6.10 Å². The van der Waals surface area contributed by atoms with E-state index in [2.05, 4.69) is 5.32 Å². The van der Waals surface area contributed by atoms with Gasteiger partial charge in [0, 0.05) is 12.6 Å². The minimum absolute atomic E-state index is 0.344.